The number of hydrogen-bond acceptors (Lipinski definition) is 9. The van der Waals surface area contributed by atoms with Gasteiger partial charge in [-0.3, -0.25) is 14.4 Å². The number of phenols is 1. The van der Waals surface area contributed by atoms with Gasteiger partial charge in [0.15, 0.2) is 5.82 Å². The maximum atomic E-state index is 13.1. The number of nitrogens with one attached hydrogen (secondary N) is 2. The normalized spacial score (nSPS) is 18.7. The maximum Gasteiger partial charge on any atom is 0.255 e. The number of aromatic nitrogens is 2. The number of carbonyl (C=O) groups excluding carboxylic acids is 3. The number of fused-ring (bicyclic) bond motifs is 1. The molecule has 4 heterocycles. The summed E-state index contributed by atoms with van der Waals surface area (Å²) in [5.74, 6) is -0.337. The molecular weight excluding hydrogens is 548 g/mol. The van der Waals surface area contributed by atoms with Crippen molar-refractivity contribution >= 4 is 34.9 Å². The topological polar surface area (TPSA) is 157 Å². The predicted octanol–water partition coefficient (Wildman–Crippen LogP) is 2.45. The van der Waals surface area contributed by atoms with Crippen molar-refractivity contribution in [2.75, 3.05) is 42.1 Å². The minimum Gasteiger partial charge on any atom is -0.507 e. The molecule has 12 nitrogen and oxygen atoms in total. The molecule has 3 aliphatic heterocycles. The van der Waals surface area contributed by atoms with Crippen LogP contribution in [0.1, 0.15) is 28.8 Å². The Morgan fingerprint density at radius 1 is 1.07 bits per heavy atom. The van der Waals surface area contributed by atoms with Crippen LogP contribution in [0.2, 0.25) is 0 Å². The van der Waals surface area contributed by atoms with Crippen LogP contribution in [0, 0.1) is 0 Å². The quantitative estimate of drug-likeness (QED) is 0.322. The van der Waals surface area contributed by atoms with Crippen LogP contribution < -0.4 is 21.3 Å². The molecule has 0 spiro atoms. The largest absolute Gasteiger partial charge is 0.507 e. The Morgan fingerprint density at radius 2 is 1.84 bits per heavy atom. The van der Waals surface area contributed by atoms with Crippen molar-refractivity contribution in [1.29, 1.82) is 0 Å². The van der Waals surface area contributed by atoms with E-state index in [-0.39, 0.29) is 30.0 Å². The summed E-state index contributed by atoms with van der Waals surface area (Å²) in [7, 11) is 0. The van der Waals surface area contributed by atoms with Crippen LogP contribution in [-0.2, 0) is 16.1 Å². The molecule has 43 heavy (non-hydrogen) atoms. The van der Waals surface area contributed by atoms with Gasteiger partial charge in [-0.25, -0.2) is 0 Å². The average molecular weight is 581 g/mol. The van der Waals surface area contributed by atoms with E-state index < -0.39 is 6.04 Å². The first-order chi connectivity index (χ1) is 20.8. The van der Waals surface area contributed by atoms with Crippen molar-refractivity contribution in [2.45, 2.75) is 25.4 Å². The van der Waals surface area contributed by atoms with Crippen LogP contribution in [0.4, 0.5) is 17.2 Å². The number of para-hydroxylation sites is 1. The number of nitrogen functional groups attached to an aromatic ring is 1. The second kappa shape index (κ2) is 11.5. The summed E-state index contributed by atoms with van der Waals surface area (Å²) in [6.45, 7) is 6.65. The number of anilines is 3. The highest BCUT2D eigenvalue weighted by atomic mass is 16.3. The number of phenolic OH excluding ortho intramolecular Hbond substituents is 1. The molecule has 1 unspecified atom stereocenters. The van der Waals surface area contributed by atoms with Gasteiger partial charge in [0.2, 0.25) is 11.8 Å². The molecule has 1 atom stereocenters. The molecule has 2 saturated heterocycles. The van der Waals surface area contributed by atoms with Gasteiger partial charge in [-0.1, -0.05) is 24.8 Å². The maximum absolute atomic E-state index is 13.1. The number of piperidine rings is 1. The number of aromatic hydroxyl groups is 1. The van der Waals surface area contributed by atoms with E-state index in [1.165, 1.54) is 6.08 Å². The van der Waals surface area contributed by atoms with Gasteiger partial charge in [0.25, 0.3) is 5.91 Å². The van der Waals surface area contributed by atoms with E-state index in [1.807, 2.05) is 17.0 Å². The number of carbonyl (C=O) groups is 3. The molecule has 220 valence electrons. The van der Waals surface area contributed by atoms with Gasteiger partial charge in [0.05, 0.1) is 11.4 Å². The van der Waals surface area contributed by atoms with Gasteiger partial charge in [-0.15, -0.1) is 10.2 Å². The number of rotatable bonds is 6. The first kappa shape index (κ1) is 27.8. The van der Waals surface area contributed by atoms with E-state index in [0.29, 0.717) is 78.6 Å². The third-order valence-electron chi connectivity index (χ3n) is 8.03. The van der Waals surface area contributed by atoms with E-state index >= 15 is 0 Å². The van der Waals surface area contributed by atoms with Crippen LogP contribution in [0.3, 0.4) is 0 Å². The minimum absolute atomic E-state index is 0.119. The highest BCUT2D eigenvalue weighted by Crippen LogP contribution is 2.33. The van der Waals surface area contributed by atoms with Crippen molar-refractivity contribution < 1.29 is 19.5 Å². The number of allylic oxidation sites excluding steroid dienone is 1. The summed E-state index contributed by atoms with van der Waals surface area (Å²) < 4.78 is 0. The van der Waals surface area contributed by atoms with Crippen molar-refractivity contribution in [1.82, 2.24) is 25.3 Å². The zero-order valence-corrected chi connectivity index (χ0v) is 23.5. The third-order valence-corrected chi connectivity index (χ3v) is 8.03. The smallest absolute Gasteiger partial charge is 0.255 e. The zero-order chi connectivity index (χ0) is 30.1. The highest BCUT2D eigenvalue weighted by molar-refractivity contribution is 6.05. The molecule has 0 bridgehead atoms. The van der Waals surface area contributed by atoms with Crippen LogP contribution in [0.25, 0.3) is 11.3 Å². The molecule has 3 amide bonds. The fourth-order valence-corrected chi connectivity index (χ4v) is 5.71. The van der Waals surface area contributed by atoms with Crippen LogP contribution in [0.15, 0.2) is 73.1 Å². The summed E-state index contributed by atoms with van der Waals surface area (Å²) in [5, 5.41) is 24.1. The van der Waals surface area contributed by atoms with Gasteiger partial charge < -0.3 is 36.2 Å². The Labute approximate surface area is 248 Å². The van der Waals surface area contributed by atoms with Gasteiger partial charge in [-0.05, 0) is 43.2 Å². The third kappa shape index (κ3) is 5.59. The molecule has 0 saturated carbocycles. The van der Waals surface area contributed by atoms with Crippen LogP contribution >= 0.6 is 0 Å². The van der Waals surface area contributed by atoms with E-state index in [4.69, 9.17) is 5.73 Å². The lowest BCUT2D eigenvalue weighted by Gasteiger charge is -2.35. The number of nitrogens with two attached hydrogens (primary N) is 1. The fraction of sp³-hybridized carbons (Fsp3) is 0.258. The van der Waals surface area contributed by atoms with Gasteiger partial charge in [0, 0.05) is 73.1 Å². The second-order valence-corrected chi connectivity index (χ2v) is 10.8. The number of amides is 3. The minimum atomic E-state index is -0.567. The molecule has 2 aromatic carbocycles. The van der Waals surface area contributed by atoms with Gasteiger partial charge >= 0.3 is 0 Å². The van der Waals surface area contributed by atoms with Crippen molar-refractivity contribution in [2.24, 2.45) is 0 Å². The molecular formula is C31H32N8O4. The van der Waals surface area contributed by atoms with Crippen LogP contribution in [0.5, 0.6) is 5.75 Å². The predicted molar refractivity (Wildman–Crippen MR) is 162 cm³/mol. The number of hydrogen-bond donors (Lipinski definition) is 4. The summed E-state index contributed by atoms with van der Waals surface area (Å²) in [5.41, 5.74) is 10.4. The first-order valence-corrected chi connectivity index (χ1v) is 14.1. The van der Waals surface area contributed by atoms with Crippen molar-refractivity contribution in [3.05, 3.63) is 84.2 Å². The standard InChI is InChI=1S/C31H32N8O4/c1-19-9-10-25(30(42)33-19)39-18-22-20(31(39)43)6-4-7-23(22)34-28(41)11-12-37-13-15-38(16-14-37)26-17-24(35-36-29(26)32)21-5-2-3-8-27(21)40/h2-8,11-12,17,25,40H,1,9-10,13-16,18H2,(H2,32,36)(H,33,42)(H,34,41)/b12-11+. The van der Waals surface area contributed by atoms with Crippen LogP contribution in [-0.4, -0.2) is 75.0 Å². The molecule has 3 aromatic rings. The lowest BCUT2D eigenvalue weighted by Crippen LogP contribution is -2.49. The van der Waals surface area contributed by atoms with E-state index in [2.05, 4.69) is 32.3 Å². The van der Waals surface area contributed by atoms with E-state index in [9.17, 15) is 19.5 Å². The summed E-state index contributed by atoms with van der Waals surface area (Å²) in [6.07, 6.45) is 4.37. The van der Waals surface area contributed by atoms with Crippen molar-refractivity contribution in [3.8, 4) is 17.0 Å². The van der Waals surface area contributed by atoms with Gasteiger partial charge in [-0.2, -0.15) is 0 Å². The van der Waals surface area contributed by atoms with E-state index in [0.717, 1.165) is 5.69 Å². The molecule has 0 radical (unpaired) electrons. The molecule has 6 rings (SSSR count). The number of benzene rings is 2. The molecule has 0 aliphatic carbocycles. The van der Waals surface area contributed by atoms with Crippen molar-refractivity contribution in [3.63, 3.8) is 0 Å². The Morgan fingerprint density at radius 3 is 2.60 bits per heavy atom. The molecule has 3 aliphatic rings. The zero-order valence-electron chi connectivity index (χ0n) is 23.5. The number of piperazine rings is 1. The SMILES string of the molecule is C=C1CCC(N2Cc3c(NC(=O)/C=C/N4CCN(c5cc(-c6ccccc6O)nnc5N)CC4)cccc3C2=O)C(=O)N1. The average Bonchev–Trinajstić information content (AvgIpc) is 3.34. The molecule has 12 heteroatoms. The molecule has 5 N–H and O–H groups in total. The molecule has 2 fully saturated rings. The summed E-state index contributed by atoms with van der Waals surface area (Å²) in [4.78, 5) is 44.2. The molecule has 1 aromatic heterocycles. The Kier molecular flexibility index (Phi) is 7.41. The first-order valence-electron chi connectivity index (χ1n) is 14.1. The number of nitrogens with zero attached hydrogens (tertiary/aromatic N) is 5. The second-order valence-electron chi connectivity index (χ2n) is 10.8. The Bertz CT molecular complexity index is 1650. The van der Waals surface area contributed by atoms with E-state index in [1.54, 1.807) is 47.5 Å². The monoisotopic (exact) mass is 580 g/mol. The lowest BCUT2D eigenvalue weighted by atomic mass is 10.0. The van der Waals surface area contributed by atoms with Gasteiger partial charge in [0.1, 0.15) is 11.8 Å². The fourth-order valence-electron chi connectivity index (χ4n) is 5.71. The lowest BCUT2D eigenvalue weighted by molar-refractivity contribution is -0.126. The Balaban J connectivity index is 1.07. The summed E-state index contributed by atoms with van der Waals surface area (Å²) in [6, 6.07) is 13.4. The highest BCUT2D eigenvalue weighted by Gasteiger charge is 2.39. The Hall–Kier alpha value is -5.39. The summed E-state index contributed by atoms with van der Waals surface area (Å²) >= 11 is 0.